The number of ether oxygens (including phenoxy) is 3. The van der Waals surface area contributed by atoms with Gasteiger partial charge in [-0.2, -0.15) is 0 Å². The molecule has 0 heterocycles. The lowest BCUT2D eigenvalue weighted by molar-refractivity contribution is 0.0902. The number of amides is 1. The van der Waals surface area contributed by atoms with Crippen LogP contribution >= 0.6 is 12.4 Å². The first kappa shape index (κ1) is 22.8. The van der Waals surface area contributed by atoms with Crippen LogP contribution in [0.2, 0.25) is 0 Å². The molecule has 0 aliphatic heterocycles. The van der Waals surface area contributed by atoms with Gasteiger partial charge in [0.1, 0.15) is 6.61 Å². The first-order chi connectivity index (χ1) is 13.6. The highest BCUT2D eigenvalue weighted by molar-refractivity contribution is 5.96. The van der Waals surface area contributed by atoms with Gasteiger partial charge in [0.05, 0.1) is 19.8 Å². The Hall–Kier alpha value is -2.44. The fourth-order valence-corrected chi connectivity index (χ4v) is 3.63. The van der Waals surface area contributed by atoms with Crippen molar-refractivity contribution in [3.63, 3.8) is 0 Å². The van der Waals surface area contributed by atoms with Gasteiger partial charge in [0.15, 0.2) is 11.5 Å². The molecule has 0 saturated heterocycles. The number of nitrogens with two attached hydrogens (primary N) is 1. The van der Waals surface area contributed by atoms with Crippen molar-refractivity contribution in [1.82, 2.24) is 5.32 Å². The number of hydrogen-bond acceptors (Lipinski definition) is 5. The summed E-state index contributed by atoms with van der Waals surface area (Å²) in [6, 6.07) is 13.2. The van der Waals surface area contributed by atoms with Crippen molar-refractivity contribution in [2.75, 3.05) is 20.8 Å². The van der Waals surface area contributed by atoms with Crippen molar-refractivity contribution >= 4 is 18.3 Å². The molecule has 2 aromatic carbocycles. The van der Waals surface area contributed by atoms with Gasteiger partial charge in [0.25, 0.3) is 5.91 Å². The minimum atomic E-state index is -0.319. The molecule has 0 atom stereocenters. The van der Waals surface area contributed by atoms with Gasteiger partial charge in [0, 0.05) is 12.1 Å². The third-order valence-corrected chi connectivity index (χ3v) is 5.28. The van der Waals surface area contributed by atoms with Crippen LogP contribution in [0, 0.1) is 0 Å². The number of hydrogen-bond donors (Lipinski definition) is 2. The van der Waals surface area contributed by atoms with Gasteiger partial charge in [-0.05, 0) is 30.5 Å². The van der Waals surface area contributed by atoms with Crippen molar-refractivity contribution in [3.8, 4) is 17.2 Å². The van der Waals surface area contributed by atoms with Crippen LogP contribution in [-0.2, 0) is 6.61 Å². The Bertz CT molecular complexity index is 783. The summed E-state index contributed by atoms with van der Waals surface area (Å²) < 4.78 is 16.9. The third kappa shape index (κ3) is 5.34. The highest BCUT2D eigenvalue weighted by Crippen LogP contribution is 2.39. The molecule has 0 bridgehead atoms. The average Bonchev–Trinajstić information content (AvgIpc) is 3.21. The van der Waals surface area contributed by atoms with Crippen molar-refractivity contribution in [2.45, 2.75) is 37.8 Å². The Morgan fingerprint density at radius 3 is 2.17 bits per heavy atom. The maximum absolute atomic E-state index is 12.9. The lowest BCUT2D eigenvalue weighted by Crippen LogP contribution is -2.51. The molecule has 0 aromatic heterocycles. The molecule has 1 aliphatic rings. The van der Waals surface area contributed by atoms with Crippen LogP contribution in [0.4, 0.5) is 0 Å². The van der Waals surface area contributed by atoms with E-state index < -0.39 is 0 Å². The number of carbonyl (C=O) groups is 1. The topological polar surface area (TPSA) is 82.8 Å². The van der Waals surface area contributed by atoms with E-state index in [-0.39, 0.29) is 23.9 Å². The first-order valence-electron chi connectivity index (χ1n) is 9.56. The average molecular weight is 421 g/mol. The lowest BCUT2D eigenvalue weighted by Gasteiger charge is -2.29. The summed E-state index contributed by atoms with van der Waals surface area (Å²) in [7, 11) is 3.09. The van der Waals surface area contributed by atoms with Gasteiger partial charge in [0.2, 0.25) is 5.75 Å². The van der Waals surface area contributed by atoms with Crippen LogP contribution in [0.3, 0.4) is 0 Å². The van der Waals surface area contributed by atoms with Crippen LogP contribution < -0.4 is 25.3 Å². The normalized spacial score (nSPS) is 14.6. The van der Waals surface area contributed by atoms with E-state index in [4.69, 9.17) is 19.9 Å². The zero-order valence-electron chi connectivity index (χ0n) is 16.9. The fraction of sp³-hybridized carbons (Fsp3) is 0.409. The molecule has 3 rings (SSSR count). The molecule has 1 aliphatic carbocycles. The van der Waals surface area contributed by atoms with Crippen LogP contribution in [-0.4, -0.2) is 32.2 Å². The molecule has 29 heavy (non-hydrogen) atoms. The molecule has 7 heteroatoms. The van der Waals surface area contributed by atoms with E-state index in [0.29, 0.717) is 36.0 Å². The fourth-order valence-electron chi connectivity index (χ4n) is 3.63. The van der Waals surface area contributed by atoms with Gasteiger partial charge in [-0.25, -0.2) is 0 Å². The second-order valence-corrected chi connectivity index (χ2v) is 7.13. The highest BCUT2D eigenvalue weighted by atomic mass is 35.5. The van der Waals surface area contributed by atoms with E-state index in [1.807, 2.05) is 30.3 Å². The maximum Gasteiger partial charge on any atom is 0.252 e. The van der Waals surface area contributed by atoms with E-state index >= 15 is 0 Å². The molecule has 1 fully saturated rings. The Balaban J connectivity index is 0.00000300. The van der Waals surface area contributed by atoms with Gasteiger partial charge in [-0.3, -0.25) is 4.79 Å². The van der Waals surface area contributed by atoms with Crippen molar-refractivity contribution < 1.29 is 19.0 Å². The predicted molar refractivity (Wildman–Crippen MR) is 115 cm³/mol. The van der Waals surface area contributed by atoms with Crippen molar-refractivity contribution in [2.24, 2.45) is 5.73 Å². The third-order valence-electron chi connectivity index (χ3n) is 5.28. The van der Waals surface area contributed by atoms with Gasteiger partial charge in [-0.1, -0.05) is 43.2 Å². The van der Waals surface area contributed by atoms with Crippen molar-refractivity contribution in [3.05, 3.63) is 53.6 Å². The van der Waals surface area contributed by atoms with Crippen LogP contribution in [0.15, 0.2) is 42.5 Å². The van der Waals surface area contributed by atoms with E-state index in [2.05, 4.69) is 5.32 Å². The Morgan fingerprint density at radius 1 is 1.07 bits per heavy atom. The molecule has 1 amide bonds. The largest absolute Gasteiger partial charge is 0.493 e. The SMILES string of the molecule is COc1cc(C(=O)NC2(CN)CCCC2)cc(OC)c1OCc1ccccc1.Cl. The molecule has 0 spiro atoms. The maximum atomic E-state index is 12.9. The van der Waals surface area contributed by atoms with E-state index in [1.54, 1.807) is 26.4 Å². The smallest absolute Gasteiger partial charge is 0.252 e. The lowest BCUT2D eigenvalue weighted by atomic mass is 9.97. The molecule has 158 valence electrons. The second kappa shape index (κ2) is 10.4. The molecule has 0 unspecified atom stereocenters. The second-order valence-electron chi connectivity index (χ2n) is 7.13. The number of nitrogens with one attached hydrogen (secondary N) is 1. The summed E-state index contributed by atoms with van der Waals surface area (Å²) in [5.41, 5.74) is 7.11. The summed E-state index contributed by atoms with van der Waals surface area (Å²) in [5, 5.41) is 3.12. The van der Waals surface area contributed by atoms with E-state index in [9.17, 15) is 4.79 Å². The molecular weight excluding hydrogens is 392 g/mol. The molecular formula is C22H29ClN2O4. The number of halogens is 1. The molecule has 0 radical (unpaired) electrons. The van der Waals surface area contributed by atoms with E-state index in [1.165, 1.54) is 0 Å². The number of methoxy groups -OCH3 is 2. The van der Waals surface area contributed by atoms with Gasteiger partial charge in [-0.15, -0.1) is 12.4 Å². The quantitative estimate of drug-likeness (QED) is 0.680. The summed E-state index contributed by atoms with van der Waals surface area (Å²) in [6.07, 6.45) is 3.97. The summed E-state index contributed by atoms with van der Waals surface area (Å²) in [6.45, 7) is 0.806. The number of rotatable bonds is 8. The number of benzene rings is 2. The predicted octanol–water partition coefficient (Wildman–Crippen LogP) is 3.71. The van der Waals surface area contributed by atoms with E-state index in [0.717, 1.165) is 31.2 Å². The molecule has 2 aromatic rings. The van der Waals surface area contributed by atoms with Crippen LogP contribution in [0.25, 0.3) is 0 Å². The molecule has 3 N–H and O–H groups in total. The zero-order chi connectivity index (χ0) is 20.0. The zero-order valence-corrected chi connectivity index (χ0v) is 17.7. The minimum Gasteiger partial charge on any atom is -0.493 e. The molecule has 6 nitrogen and oxygen atoms in total. The summed E-state index contributed by atoms with van der Waals surface area (Å²) in [5.74, 6) is 1.20. The minimum absolute atomic E-state index is 0. The highest BCUT2D eigenvalue weighted by Gasteiger charge is 2.34. The van der Waals surface area contributed by atoms with Crippen LogP contribution in [0.1, 0.15) is 41.6 Å². The monoisotopic (exact) mass is 420 g/mol. The summed E-state index contributed by atoms with van der Waals surface area (Å²) >= 11 is 0. The Kier molecular flexibility index (Phi) is 8.17. The summed E-state index contributed by atoms with van der Waals surface area (Å²) in [4.78, 5) is 12.9. The molecule has 1 saturated carbocycles. The number of carbonyl (C=O) groups excluding carboxylic acids is 1. The Labute approximate surface area is 178 Å². The van der Waals surface area contributed by atoms with Gasteiger partial charge < -0.3 is 25.3 Å². The Morgan fingerprint density at radius 2 is 1.66 bits per heavy atom. The van der Waals surface area contributed by atoms with Crippen LogP contribution in [0.5, 0.6) is 17.2 Å². The standard InChI is InChI=1S/C22H28N2O4.ClH/c1-26-18-12-17(21(25)24-22(15-23)10-6-7-11-22)13-19(27-2)20(18)28-14-16-8-4-3-5-9-16;/h3-5,8-9,12-13H,6-7,10-11,14-15,23H2,1-2H3,(H,24,25);1H. The van der Waals surface area contributed by atoms with Crippen molar-refractivity contribution in [1.29, 1.82) is 0 Å². The first-order valence-corrected chi connectivity index (χ1v) is 9.56. The van der Waals surface area contributed by atoms with Gasteiger partial charge >= 0.3 is 0 Å².